The molecule has 4 aromatic rings. The lowest BCUT2D eigenvalue weighted by molar-refractivity contribution is 0.625. The second-order valence-corrected chi connectivity index (χ2v) is 6.01. The van der Waals surface area contributed by atoms with Gasteiger partial charge in [-0.2, -0.15) is 0 Å². The number of aryl methyl sites for hydroxylation is 1. The maximum absolute atomic E-state index is 12.0. The van der Waals surface area contributed by atoms with Gasteiger partial charge in [0.1, 0.15) is 11.6 Å². The van der Waals surface area contributed by atoms with Crippen molar-refractivity contribution in [2.75, 3.05) is 6.54 Å². The maximum atomic E-state index is 12.0. The van der Waals surface area contributed by atoms with Crippen molar-refractivity contribution in [3.05, 3.63) is 70.5 Å². The third-order valence-corrected chi connectivity index (χ3v) is 4.16. The second-order valence-electron chi connectivity index (χ2n) is 6.01. The lowest BCUT2D eigenvalue weighted by Crippen LogP contribution is -2.18. The van der Waals surface area contributed by atoms with Crippen molar-refractivity contribution >= 4 is 46.8 Å². The molecule has 6 nitrogen and oxygen atoms in total. The largest absolute Gasteiger partial charge is 0.341 e. The lowest BCUT2D eigenvalue weighted by atomic mass is 10.2. The van der Waals surface area contributed by atoms with Crippen LogP contribution in [-0.2, 0) is 13.0 Å². The van der Waals surface area contributed by atoms with Gasteiger partial charge in [0.25, 0.3) is 5.56 Å². The van der Waals surface area contributed by atoms with Gasteiger partial charge in [0.05, 0.1) is 28.5 Å². The fourth-order valence-corrected chi connectivity index (χ4v) is 2.93. The normalized spacial score (nSPS) is 10.5. The number of imidazole rings is 1. The van der Waals surface area contributed by atoms with Crippen LogP contribution in [0.4, 0.5) is 0 Å². The Bertz CT molecular complexity index is 1040. The number of hydrogen-bond donors (Lipinski definition) is 3. The van der Waals surface area contributed by atoms with Crippen LogP contribution in [0.2, 0.25) is 0 Å². The number of fused-ring (bicyclic) bond motifs is 2. The van der Waals surface area contributed by atoms with E-state index in [1.54, 1.807) is 6.07 Å². The molecule has 2 aromatic carbocycles. The highest BCUT2D eigenvalue weighted by atomic mass is 35.5. The molecule has 0 aliphatic rings. The molecule has 0 unspecified atom stereocenters. The standard InChI is InChI=1S/C19H19N5O.2ClH/c25-19-13-6-1-2-7-14(13)21-17(24-19)10-5-11-20-12-18-22-15-8-3-4-9-16(15)23-18;;/h1-4,6-9,20H,5,10-12H2,(H,22,23)(H,21,24,25);2*1H. The fraction of sp³-hybridized carbons (Fsp3) is 0.211. The zero-order valence-corrected chi connectivity index (χ0v) is 16.2. The molecule has 0 amide bonds. The van der Waals surface area contributed by atoms with Crippen molar-refractivity contribution in [2.45, 2.75) is 19.4 Å². The SMILES string of the molecule is Cl.Cl.O=c1[nH]c(CCCNCc2nc3ccccc3[nH]2)nc2ccccc12. The molecular formula is C19H21Cl2N5O. The van der Waals surface area contributed by atoms with Gasteiger partial charge in [0.2, 0.25) is 0 Å². The lowest BCUT2D eigenvalue weighted by Gasteiger charge is -2.04. The first-order valence-corrected chi connectivity index (χ1v) is 8.42. The van der Waals surface area contributed by atoms with Crippen LogP contribution in [0.5, 0.6) is 0 Å². The summed E-state index contributed by atoms with van der Waals surface area (Å²) in [5.74, 6) is 1.66. The Kier molecular flexibility index (Phi) is 7.36. The molecule has 0 aliphatic heterocycles. The van der Waals surface area contributed by atoms with Crippen LogP contribution in [-0.4, -0.2) is 26.5 Å². The number of rotatable bonds is 6. The van der Waals surface area contributed by atoms with Crippen molar-refractivity contribution in [3.8, 4) is 0 Å². The molecule has 2 aromatic heterocycles. The first-order chi connectivity index (χ1) is 12.3. The quantitative estimate of drug-likeness (QED) is 0.429. The summed E-state index contributed by atoms with van der Waals surface area (Å²) in [6.07, 6.45) is 1.62. The van der Waals surface area contributed by atoms with E-state index in [4.69, 9.17) is 0 Å². The minimum atomic E-state index is -0.0733. The van der Waals surface area contributed by atoms with Crippen LogP contribution < -0.4 is 10.9 Å². The van der Waals surface area contributed by atoms with Gasteiger partial charge in [-0.25, -0.2) is 9.97 Å². The smallest absolute Gasteiger partial charge is 0.258 e. The van der Waals surface area contributed by atoms with E-state index >= 15 is 0 Å². The number of aromatic amines is 2. The van der Waals surface area contributed by atoms with E-state index in [9.17, 15) is 4.79 Å². The average Bonchev–Trinajstić information content (AvgIpc) is 3.04. The summed E-state index contributed by atoms with van der Waals surface area (Å²) in [5.41, 5.74) is 2.71. The van der Waals surface area contributed by atoms with E-state index in [2.05, 4.69) is 25.3 Å². The molecule has 3 N–H and O–H groups in total. The Morgan fingerprint density at radius 2 is 1.56 bits per heavy atom. The number of H-pyrrole nitrogens is 2. The van der Waals surface area contributed by atoms with Gasteiger partial charge in [-0.15, -0.1) is 24.8 Å². The number of aromatic nitrogens is 4. The predicted molar refractivity (Wildman–Crippen MR) is 113 cm³/mol. The van der Waals surface area contributed by atoms with Gasteiger partial charge in [-0.1, -0.05) is 24.3 Å². The van der Waals surface area contributed by atoms with Crippen LogP contribution in [0.3, 0.4) is 0 Å². The molecule has 0 bridgehead atoms. The van der Waals surface area contributed by atoms with Crippen LogP contribution >= 0.6 is 24.8 Å². The summed E-state index contributed by atoms with van der Waals surface area (Å²) in [7, 11) is 0. The number of hydrogen-bond acceptors (Lipinski definition) is 4. The van der Waals surface area contributed by atoms with Crippen molar-refractivity contribution in [2.24, 2.45) is 0 Å². The Balaban J connectivity index is 0.00000131. The zero-order chi connectivity index (χ0) is 17.1. The molecule has 4 rings (SSSR count). The molecular weight excluding hydrogens is 385 g/mol. The van der Waals surface area contributed by atoms with Crippen LogP contribution in [0.15, 0.2) is 53.3 Å². The Morgan fingerprint density at radius 3 is 2.37 bits per heavy atom. The molecule has 142 valence electrons. The first kappa shape index (κ1) is 20.9. The topological polar surface area (TPSA) is 86.5 Å². The molecule has 0 saturated heterocycles. The third kappa shape index (κ3) is 4.86. The van der Waals surface area contributed by atoms with Crippen molar-refractivity contribution in [3.63, 3.8) is 0 Å². The number of nitrogens with one attached hydrogen (secondary N) is 3. The minimum Gasteiger partial charge on any atom is -0.341 e. The van der Waals surface area contributed by atoms with E-state index in [0.29, 0.717) is 11.9 Å². The molecule has 2 heterocycles. The monoisotopic (exact) mass is 405 g/mol. The number of benzene rings is 2. The summed E-state index contributed by atoms with van der Waals surface area (Å²) in [5, 5.41) is 4.00. The summed E-state index contributed by atoms with van der Waals surface area (Å²) >= 11 is 0. The van der Waals surface area contributed by atoms with Gasteiger partial charge in [-0.3, -0.25) is 4.79 Å². The first-order valence-electron chi connectivity index (χ1n) is 8.42. The van der Waals surface area contributed by atoms with Crippen LogP contribution in [0.25, 0.3) is 21.9 Å². The molecule has 8 heteroatoms. The van der Waals surface area contributed by atoms with E-state index < -0.39 is 0 Å². The highest BCUT2D eigenvalue weighted by molar-refractivity contribution is 5.85. The number of nitrogens with zero attached hydrogens (tertiary/aromatic N) is 2. The van der Waals surface area contributed by atoms with E-state index in [1.807, 2.05) is 42.5 Å². The van der Waals surface area contributed by atoms with E-state index in [0.717, 1.165) is 47.6 Å². The molecule has 0 atom stereocenters. The molecule has 0 fully saturated rings. The Labute approximate surface area is 168 Å². The van der Waals surface area contributed by atoms with Crippen molar-refractivity contribution in [1.29, 1.82) is 0 Å². The molecule has 0 radical (unpaired) electrons. The molecule has 27 heavy (non-hydrogen) atoms. The van der Waals surface area contributed by atoms with Crippen LogP contribution in [0.1, 0.15) is 18.1 Å². The number of halogens is 2. The van der Waals surface area contributed by atoms with Crippen LogP contribution in [0, 0.1) is 0 Å². The minimum absolute atomic E-state index is 0. The third-order valence-electron chi connectivity index (χ3n) is 4.16. The van der Waals surface area contributed by atoms with E-state index in [-0.39, 0.29) is 30.4 Å². The highest BCUT2D eigenvalue weighted by Gasteiger charge is 2.04. The van der Waals surface area contributed by atoms with E-state index in [1.165, 1.54) is 0 Å². The Morgan fingerprint density at radius 1 is 0.852 bits per heavy atom. The summed E-state index contributed by atoms with van der Waals surface area (Å²) in [4.78, 5) is 27.3. The highest BCUT2D eigenvalue weighted by Crippen LogP contribution is 2.10. The zero-order valence-electron chi connectivity index (χ0n) is 14.6. The fourth-order valence-electron chi connectivity index (χ4n) is 2.93. The predicted octanol–water partition coefficient (Wildman–Crippen LogP) is 3.37. The van der Waals surface area contributed by atoms with Gasteiger partial charge in [0, 0.05) is 6.42 Å². The second kappa shape index (κ2) is 9.50. The summed E-state index contributed by atoms with van der Waals surface area (Å²) in [6.45, 7) is 1.52. The van der Waals surface area contributed by atoms with Crippen molar-refractivity contribution < 1.29 is 0 Å². The molecule has 0 spiro atoms. The number of para-hydroxylation sites is 3. The van der Waals surface area contributed by atoms with Gasteiger partial charge < -0.3 is 15.3 Å². The van der Waals surface area contributed by atoms with Gasteiger partial charge in [0.15, 0.2) is 0 Å². The average molecular weight is 406 g/mol. The summed E-state index contributed by atoms with van der Waals surface area (Å²) in [6, 6.07) is 15.4. The van der Waals surface area contributed by atoms with Gasteiger partial charge in [-0.05, 0) is 37.2 Å². The van der Waals surface area contributed by atoms with Gasteiger partial charge >= 0.3 is 0 Å². The van der Waals surface area contributed by atoms with Crippen molar-refractivity contribution in [1.82, 2.24) is 25.3 Å². The molecule has 0 aliphatic carbocycles. The maximum Gasteiger partial charge on any atom is 0.258 e. The summed E-state index contributed by atoms with van der Waals surface area (Å²) < 4.78 is 0. The molecule has 0 saturated carbocycles. The Hall–Kier alpha value is -2.41.